The minimum atomic E-state index is -4.25. The van der Waals surface area contributed by atoms with Gasteiger partial charge in [-0.1, -0.05) is 13.3 Å². The molecule has 0 bridgehead atoms. The first kappa shape index (κ1) is 16.3. The standard InChI is InChI=1S/C11H18F3NO3S/c1-2-19(17,18)7-10(16)15-9-5-3-4-8(6-9)11(12,13)14/h8-9H,2-7H2,1H3,(H,15,16)/t8-,9+/m1/s1. The summed E-state index contributed by atoms with van der Waals surface area (Å²) in [6.07, 6.45) is -3.50. The molecule has 19 heavy (non-hydrogen) atoms. The predicted octanol–water partition coefficient (Wildman–Crippen LogP) is 1.66. The molecule has 0 radical (unpaired) electrons. The van der Waals surface area contributed by atoms with E-state index in [0.29, 0.717) is 12.8 Å². The number of carbonyl (C=O) groups excluding carboxylic acids is 1. The molecule has 8 heteroatoms. The second-order valence-electron chi connectivity index (χ2n) is 4.85. The Labute approximate surface area is 110 Å². The number of nitrogens with one attached hydrogen (secondary N) is 1. The molecular formula is C11H18F3NO3S. The zero-order chi connectivity index (χ0) is 14.7. The van der Waals surface area contributed by atoms with Crippen molar-refractivity contribution >= 4 is 15.7 Å². The summed E-state index contributed by atoms with van der Waals surface area (Å²) < 4.78 is 60.2. The van der Waals surface area contributed by atoms with Gasteiger partial charge >= 0.3 is 6.18 Å². The highest BCUT2D eigenvalue weighted by Crippen LogP contribution is 2.37. The van der Waals surface area contributed by atoms with Gasteiger partial charge in [0, 0.05) is 11.8 Å². The van der Waals surface area contributed by atoms with Gasteiger partial charge in [-0.3, -0.25) is 4.79 Å². The van der Waals surface area contributed by atoms with Gasteiger partial charge in [-0.25, -0.2) is 8.42 Å². The van der Waals surface area contributed by atoms with E-state index in [4.69, 9.17) is 0 Å². The number of alkyl halides is 3. The summed E-state index contributed by atoms with van der Waals surface area (Å²) in [5.74, 6) is -2.93. The summed E-state index contributed by atoms with van der Waals surface area (Å²) in [5.41, 5.74) is 0. The third kappa shape index (κ3) is 5.38. The maximum absolute atomic E-state index is 12.6. The van der Waals surface area contributed by atoms with E-state index < -0.39 is 39.6 Å². The van der Waals surface area contributed by atoms with E-state index in [1.807, 2.05) is 0 Å². The predicted molar refractivity (Wildman–Crippen MR) is 64.3 cm³/mol. The van der Waals surface area contributed by atoms with Crippen LogP contribution in [0.5, 0.6) is 0 Å². The highest BCUT2D eigenvalue weighted by atomic mass is 32.2. The molecule has 0 aromatic carbocycles. The van der Waals surface area contributed by atoms with Crippen LogP contribution >= 0.6 is 0 Å². The lowest BCUT2D eigenvalue weighted by molar-refractivity contribution is -0.184. The average Bonchev–Trinajstić information content (AvgIpc) is 2.27. The van der Waals surface area contributed by atoms with Gasteiger partial charge in [0.2, 0.25) is 5.91 Å². The zero-order valence-corrected chi connectivity index (χ0v) is 11.5. The van der Waals surface area contributed by atoms with Crippen molar-refractivity contribution in [3.8, 4) is 0 Å². The van der Waals surface area contributed by atoms with Gasteiger partial charge in [0.05, 0.1) is 5.92 Å². The average molecular weight is 301 g/mol. The maximum Gasteiger partial charge on any atom is 0.391 e. The Kier molecular flexibility index (Phi) is 5.23. The molecule has 2 atom stereocenters. The number of rotatable bonds is 4. The van der Waals surface area contributed by atoms with Crippen molar-refractivity contribution in [1.29, 1.82) is 0 Å². The summed E-state index contributed by atoms with van der Waals surface area (Å²) in [6, 6.07) is -0.583. The van der Waals surface area contributed by atoms with E-state index in [-0.39, 0.29) is 18.6 Å². The van der Waals surface area contributed by atoms with Gasteiger partial charge in [-0.15, -0.1) is 0 Å². The first-order chi connectivity index (χ1) is 8.64. The fourth-order valence-corrected chi connectivity index (χ4v) is 2.88. The van der Waals surface area contributed by atoms with Crippen molar-refractivity contribution in [2.45, 2.75) is 44.8 Å². The van der Waals surface area contributed by atoms with E-state index in [1.165, 1.54) is 6.92 Å². The summed E-state index contributed by atoms with van der Waals surface area (Å²) in [5, 5.41) is 2.39. The van der Waals surface area contributed by atoms with E-state index in [9.17, 15) is 26.4 Å². The summed E-state index contributed by atoms with van der Waals surface area (Å²) in [7, 11) is -3.45. The third-order valence-corrected chi connectivity index (χ3v) is 4.87. The molecule has 1 aliphatic rings. The Balaban J connectivity index is 2.51. The quantitative estimate of drug-likeness (QED) is 0.859. The summed E-state index contributed by atoms with van der Waals surface area (Å²) >= 11 is 0. The number of hydrogen-bond donors (Lipinski definition) is 1. The van der Waals surface area contributed by atoms with Crippen LogP contribution in [0.1, 0.15) is 32.6 Å². The lowest BCUT2D eigenvalue weighted by atomic mass is 9.85. The van der Waals surface area contributed by atoms with Gasteiger partial charge in [0.15, 0.2) is 9.84 Å². The molecule has 0 unspecified atom stereocenters. The lowest BCUT2D eigenvalue weighted by Crippen LogP contribution is -2.43. The molecule has 4 nitrogen and oxygen atoms in total. The molecule has 0 aromatic heterocycles. The second kappa shape index (κ2) is 6.11. The zero-order valence-electron chi connectivity index (χ0n) is 10.7. The summed E-state index contributed by atoms with van der Waals surface area (Å²) in [4.78, 5) is 11.5. The van der Waals surface area contributed by atoms with Gasteiger partial charge in [0.1, 0.15) is 5.75 Å². The van der Waals surface area contributed by atoms with Crippen molar-refractivity contribution in [1.82, 2.24) is 5.32 Å². The van der Waals surface area contributed by atoms with Crippen molar-refractivity contribution in [2.75, 3.05) is 11.5 Å². The fraction of sp³-hybridized carbons (Fsp3) is 0.909. The normalized spacial score (nSPS) is 25.1. The Morgan fingerprint density at radius 1 is 1.32 bits per heavy atom. The molecule has 1 rings (SSSR count). The minimum absolute atomic E-state index is 0.0725. The maximum atomic E-state index is 12.6. The van der Waals surface area contributed by atoms with E-state index in [1.54, 1.807) is 0 Å². The molecule has 1 aliphatic carbocycles. The van der Waals surface area contributed by atoms with E-state index in [0.717, 1.165) is 0 Å². The van der Waals surface area contributed by atoms with Crippen LogP contribution in [0.3, 0.4) is 0 Å². The molecule has 1 amide bonds. The number of amides is 1. The van der Waals surface area contributed by atoms with Gasteiger partial charge in [0.25, 0.3) is 0 Å². The van der Waals surface area contributed by atoms with E-state index >= 15 is 0 Å². The second-order valence-corrected chi connectivity index (χ2v) is 7.20. The van der Waals surface area contributed by atoms with Crippen LogP contribution < -0.4 is 5.32 Å². The Morgan fingerprint density at radius 3 is 2.47 bits per heavy atom. The van der Waals surface area contributed by atoms with Gasteiger partial charge < -0.3 is 5.32 Å². The fourth-order valence-electron chi connectivity index (χ4n) is 2.19. The van der Waals surface area contributed by atoms with Gasteiger partial charge in [-0.2, -0.15) is 13.2 Å². The van der Waals surface area contributed by atoms with Crippen LogP contribution in [0.15, 0.2) is 0 Å². The van der Waals surface area contributed by atoms with Crippen molar-refractivity contribution in [3.05, 3.63) is 0 Å². The van der Waals surface area contributed by atoms with Crippen LogP contribution in [0, 0.1) is 5.92 Å². The molecule has 1 fully saturated rings. The molecule has 0 saturated heterocycles. The topological polar surface area (TPSA) is 63.2 Å². The highest BCUT2D eigenvalue weighted by Gasteiger charge is 2.42. The highest BCUT2D eigenvalue weighted by molar-refractivity contribution is 7.92. The molecule has 0 aliphatic heterocycles. The minimum Gasteiger partial charge on any atom is -0.352 e. The molecule has 0 heterocycles. The molecule has 1 saturated carbocycles. The number of carbonyl (C=O) groups is 1. The Bertz CT molecular complexity index is 419. The van der Waals surface area contributed by atoms with Crippen molar-refractivity contribution in [3.63, 3.8) is 0 Å². The Hall–Kier alpha value is -0.790. The molecule has 0 spiro atoms. The number of sulfone groups is 1. The van der Waals surface area contributed by atoms with Crippen LogP contribution in [-0.2, 0) is 14.6 Å². The monoisotopic (exact) mass is 301 g/mol. The largest absolute Gasteiger partial charge is 0.391 e. The van der Waals surface area contributed by atoms with Crippen LogP contribution in [0.4, 0.5) is 13.2 Å². The van der Waals surface area contributed by atoms with Crippen molar-refractivity contribution in [2.24, 2.45) is 5.92 Å². The molecule has 112 valence electrons. The van der Waals surface area contributed by atoms with Crippen LogP contribution in [-0.4, -0.2) is 38.0 Å². The smallest absolute Gasteiger partial charge is 0.352 e. The van der Waals surface area contributed by atoms with Crippen LogP contribution in [0.25, 0.3) is 0 Å². The SMILES string of the molecule is CCS(=O)(=O)CC(=O)N[C@H]1CCC[C@@H](C(F)(F)F)C1. The lowest BCUT2D eigenvalue weighted by Gasteiger charge is -2.30. The van der Waals surface area contributed by atoms with E-state index in [2.05, 4.69) is 5.32 Å². The first-order valence-corrected chi connectivity index (χ1v) is 8.02. The number of hydrogen-bond acceptors (Lipinski definition) is 3. The number of halogens is 3. The molecular weight excluding hydrogens is 283 g/mol. The molecule has 1 N–H and O–H groups in total. The Morgan fingerprint density at radius 2 is 1.95 bits per heavy atom. The summed E-state index contributed by atoms with van der Waals surface area (Å²) in [6.45, 7) is 1.42. The van der Waals surface area contributed by atoms with Crippen LogP contribution in [0.2, 0.25) is 0 Å². The molecule has 0 aromatic rings. The first-order valence-electron chi connectivity index (χ1n) is 6.20. The third-order valence-electron chi connectivity index (χ3n) is 3.29. The van der Waals surface area contributed by atoms with Crippen molar-refractivity contribution < 1.29 is 26.4 Å². The van der Waals surface area contributed by atoms with Gasteiger partial charge in [-0.05, 0) is 19.3 Å².